The average molecular weight is 366 g/mol. The Morgan fingerprint density at radius 2 is 1.73 bits per heavy atom. The second-order valence-corrected chi connectivity index (χ2v) is 6.12. The number of carbonyl (C=O) groups is 2. The third-order valence-corrected chi connectivity index (χ3v) is 4.08. The maximum Gasteiger partial charge on any atom is 0.277 e. The minimum absolute atomic E-state index is 0.184. The fourth-order valence-corrected chi connectivity index (χ4v) is 2.70. The van der Waals surface area contributed by atoms with E-state index >= 15 is 0 Å². The molecule has 1 saturated carbocycles. The Hall–Kier alpha value is -3.08. The minimum Gasteiger partial charge on any atom is -0.393 e. The van der Waals surface area contributed by atoms with Gasteiger partial charge in [0, 0.05) is 18.2 Å². The van der Waals surface area contributed by atoms with Crippen molar-refractivity contribution < 1.29 is 24.5 Å². The molecule has 1 fully saturated rings. The second kappa shape index (κ2) is 7.87. The first-order valence-corrected chi connectivity index (χ1v) is 7.90. The molecule has 0 unspecified atom stereocenters. The number of aliphatic hydroxyl groups is 1. The van der Waals surface area contributed by atoms with Gasteiger partial charge < -0.3 is 15.7 Å². The van der Waals surface area contributed by atoms with Crippen LogP contribution in [0.4, 0.5) is 11.4 Å². The number of rotatable bonds is 6. The number of amides is 2. The number of hydrogen-bond donors (Lipinski definition) is 3. The molecule has 2 amide bonds. The zero-order chi connectivity index (χ0) is 19.4. The Morgan fingerprint density at radius 1 is 1.15 bits per heavy atom. The molecule has 0 aromatic heterocycles. The summed E-state index contributed by atoms with van der Waals surface area (Å²) in [5.41, 5.74) is -1.48. The highest BCUT2D eigenvalue weighted by Crippen LogP contribution is 2.23. The summed E-state index contributed by atoms with van der Waals surface area (Å²) in [5.74, 6) is -1.32. The minimum atomic E-state index is -0.960. The number of nitro groups is 2. The van der Waals surface area contributed by atoms with Crippen LogP contribution in [0.2, 0.25) is 0 Å². The summed E-state index contributed by atoms with van der Waals surface area (Å²) >= 11 is 0. The molecule has 0 radical (unpaired) electrons. The van der Waals surface area contributed by atoms with Gasteiger partial charge in [0.15, 0.2) is 0 Å². The van der Waals surface area contributed by atoms with E-state index in [1.165, 1.54) is 6.92 Å². The fraction of sp³-hybridized carbons (Fsp3) is 0.467. The van der Waals surface area contributed by atoms with E-state index in [2.05, 4.69) is 10.6 Å². The quantitative estimate of drug-likeness (QED) is 0.491. The molecule has 3 atom stereocenters. The first-order chi connectivity index (χ1) is 12.2. The van der Waals surface area contributed by atoms with Crippen LogP contribution in [-0.2, 0) is 4.79 Å². The van der Waals surface area contributed by atoms with Gasteiger partial charge >= 0.3 is 0 Å². The number of benzene rings is 1. The van der Waals surface area contributed by atoms with Crippen LogP contribution in [0.5, 0.6) is 0 Å². The van der Waals surface area contributed by atoms with E-state index in [1.807, 2.05) is 0 Å². The highest BCUT2D eigenvalue weighted by molar-refractivity contribution is 5.98. The third kappa shape index (κ3) is 4.72. The summed E-state index contributed by atoms with van der Waals surface area (Å²) in [6.07, 6.45) is 1.19. The van der Waals surface area contributed by atoms with Crippen LogP contribution in [0.1, 0.15) is 36.5 Å². The molecule has 1 aliphatic carbocycles. The lowest BCUT2D eigenvalue weighted by Crippen LogP contribution is -2.47. The molecule has 1 aromatic carbocycles. The van der Waals surface area contributed by atoms with Crippen molar-refractivity contribution in [2.24, 2.45) is 0 Å². The molecule has 0 heterocycles. The van der Waals surface area contributed by atoms with Crippen molar-refractivity contribution in [3.05, 3.63) is 44.0 Å². The first kappa shape index (κ1) is 19.2. The van der Waals surface area contributed by atoms with Gasteiger partial charge in [-0.05, 0) is 26.2 Å². The van der Waals surface area contributed by atoms with E-state index in [4.69, 9.17) is 0 Å². The molecule has 11 nitrogen and oxygen atoms in total. The van der Waals surface area contributed by atoms with Crippen LogP contribution in [0.25, 0.3) is 0 Å². The van der Waals surface area contributed by atoms with E-state index in [0.29, 0.717) is 19.3 Å². The fourth-order valence-electron chi connectivity index (χ4n) is 2.70. The lowest BCUT2D eigenvalue weighted by atomic mass is 10.1. The van der Waals surface area contributed by atoms with Crippen molar-refractivity contribution in [3.8, 4) is 0 Å². The Balaban J connectivity index is 2.07. The van der Waals surface area contributed by atoms with Crippen LogP contribution < -0.4 is 10.6 Å². The Kier molecular flexibility index (Phi) is 5.82. The van der Waals surface area contributed by atoms with Crippen molar-refractivity contribution in [2.75, 3.05) is 0 Å². The highest BCUT2D eigenvalue weighted by atomic mass is 16.6. The normalized spacial score (nSPS) is 20.2. The van der Waals surface area contributed by atoms with Crippen LogP contribution in [0.15, 0.2) is 18.2 Å². The molecular formula is C15H18N4O7. The standard InChI is InChI=1S/C15H18N4O7/c1-8(14(21)17-10-2-3-13(20)6-10)16-15(22)9-4-11(18(23)24)7-12(5-9)19(25)26/h4-5,7-8,10,13,20H,2-3,6H2,1H3,(H,16,22)(H,17,21)/t8-,10+,13-/m0/s1. The molecule has 140 valence electrons. The molecule has 1 aliphatic rings. The number of nitro benzene ring substituents is 2. The summed E-state index contributed by atoms with van der Waals surface area (Å²) in [6.45, 7) is 1.42. The Bertz CT molecular complexity index is 719. The van der Waals surface area contributed by atoms with Crippen molar-refractivity contribution >= 4 is 23.2 Å². The largest absolute Gasteiger partial charge is 0.393 e. The maximum absolute atomic E-state index is 12.2. The van der Waals surface area contributed by atoms with Crippen LogP contribution in [0, 0.1) is 20.2 Å². The van der Waals surface area contributed by atoms with Crippen molar-refractivity contribution in [2.45, 2.75) is 44.4 Å². The number of carbonyl (C=O) groups excluding carboxylic acids is 2. The molecular weight excluding hydrogens is 348 g/mol. The summed E-state index contributed by atoms with van der Waals surface area (Å²) < 4.78 is 0. The van der Waals surface area contributed by atoms with Gasteiger partial charge in [-0.1, -0.05) is 0 Å². The molecule has 11 heteroatoms. The van der Waals surface area contributed by atoms with Gasteiger partial charge in [0.2, 0.25) is 5.91 Å². The number of aliphatic hydroxyl groups excluding tert-OH is 1. The SMILES string of the molecule is C[C@H](NC(=O)c1cc([N+](=O)[O-])cc([N+](=O)[O-])c1)C(=O)N[C@@H]1CC[C@H](O)C1. The van der Waals surface area contributed by atoms with E-state index in [-0.39, 0.29) is 11.6 Å². The van der Waals surface area contributed by atoms with Crippen molar-refractivity contribution in [1.82, 2.24) is 10.6 Å². The van der Waals surface area contributed by atoms with Gasteiger partial charge in [0.25, 0.3) is 17.3 Å². The molecule has 0 bridgehead atoms. The monoisotopic (exact) mass is 366 g/mol. The van der Waals surface area contributed by atoms with Gasteiger partial charge in [0.05, 0.1) is 27.6 Å². The number of hydrogen-bond acceptors (Lipinski definition) is 7. The second-order valence-electron chi connectivity index (χ2n) is 6.12. The third-order valence-electron chi connectivity index (χ3n) is 4.08. The van der Waals surface area contributed by atoms with E-state index in [0.717, 1.165) is 18.2 Å². The lowest BCUT2D eigenvalue weighted by Gasteiger charge is -2.17. The smallest absolute Gasteiger partial charge is 0.277 e. The molecule has 2 rings (SSSR count). The van der Waals surface area contributed by atoms with Gasteiger partial charge in [0.1, 0.15) is 6.04 Å². The zero-order valence-electron chi connectivity index (χ0n) is 13.9. The van der Waals surface area contributed by atoms with Crippen LogP contribution in [0.3, 0.4) is 0 Å². The predicted octanol–water partition coefficient (Wildman–Crippen LogP) is 0.651. The van der Waals surface area contributed by atoms with Crippen molar-refractivity contribution in [1.29, 1.82) is 0 Å². The van der Waals surface area contributed by atoms with E-state index < -0.39 is 45.2 Å². The zero-order valence-corrected chi connectivity index (χ0v) is 13.9. The number of non-ortho nitro benzene ring substituents is 2. The summed E-state index contributed by atoms with van der Waals surface area (Å²) in [5, 5.41) is 36.2. The molecule has 26 heavy (non-hydrogen) atoms. The number of nitrogens with one attached hydrogen (secondary N) is 2. The average Bonchev–Trinajstić information content (AvgIpc) is 2.98. The molecule has 1 aromatic rings. The first-order valence-electron chi connectivity index (χ1n) is 7.90. The molecule has 0 aliphatic heterocycles. The summed E-state index contributed by atoms with van der Waals surface area (Å²) in [6, 6.07) is 1.41. The Morgan fingerprint density at radius 3 is 2.19 bits per heavy atom. The van der Waals surface area contributed by atoms with Gasteiger partial charge in [-0.2, -0.15) is 0 Å². The van der Waals surface area contributed by atoms with Gasteiger partial charge in [-0.3, -0.25) is 29.8 Å². The lowest BCUT2D eigenvalue weighted by molar-refractivity contribution is -0.394. The number of nitrogens with zero attached hydrogens (tertiary/aromatic N) is 2. The molecule has 3 N–H and O–H groups in total. The van der Waals surface area contributed by atoms with Crippen LogP contribution >= 0.6 is 0 Å². The summed E-state index contributed by atoms with van der Waals surface area (Å²) in [7, 11) is 0. The highest BCUT2D eigenvalue weighted by Gasteiger charge is 2.27. The maximum atomic E-state index is 12.2. The van der Waals surface area contributed by atoms with Crippen LogP contribution in [-0.4, -0.2) is 45.0 Å². The van der Waals surface area contributed by atoms with E-state index in [9.17, 15) is 34.9 Å². The van der Waals surface area contributed by atoms with Crippen molar-refractivity contribution in [3.63, 3.8) is 0 Å². The van der Waals surface area contributed by atoms with Gasteiger partial charge in [-0.15, -0.1) is 0 Å². The van der Waals surface area contributed by atoms with E-state index in [1.54, 1.807) is 0 Å². The molecule has 0 spiro atoms. The Labute approximate surface area is 147 Å². The predicted molar refractivity (Wildman–Crippen MR) is 88.5 cm³/mol. The molecule has 0 saturated heterocycles. The summed E-state index contributed by atoms with van der Waals surface area (Å²) in [4.78, 5) is 44.4. The van der Waals surface area contributed by atoms with Gasteiger partial charge in [-0.25, -0.2) is 0 Å². The topological polar surface area (TPSA) is 165 Å².